The zero-order chi connectivity index (χ0) is 19.4. The molecule has 0 aliphatic carbocycles. The summed E-state index contributed by atoms with van der Waals surface area (Å²) in [6.07, 6.45) is 4.91. The van der Waals surface area contributed by atoms with E-state index in [0.29, 0.717) is 26.1 Å². The Morgan fingerprint density at radius 1 is 1.11 bits per heavy atom. The molecular formula is C21H28N4O2. The highest BCUT2D eigenvalue weighted by atomic mass is 16.2. The van der Waals surface area contributed by atoms with Crippen LogP contribution in [0.2, 0.25) is 0 Å². The molecule has 0 bridgehead atoms. The average Bonchev–Trinajstić information content (AvgIpc) is 3.01. The summed E-state index contributed by atoms with van der Waals surface area (Å²) in [5, 5.41) is 0. The number of piperazine rings is 1. The Hall–Kier alpha value is -2.63. The number of imidazole rings is 1. The van der Waals surface area contributed by atoms with Gasteiger partial charge in [0.05, 0.1) is 6.54 Å². The lowest BCUT2D eigenvalue weighted by Gasteiger charge is -2.34. The molecular weight excluding hydrogens is 340 g/mol. The van der Waals surface area contributed by atoms with Gasteiger partial charge in [-0.05, 0) is 32.8 Å². The summed E-state index contributed by atoms with van der Waals surface area (Å²) < 4.78 is 2.04. The smallest absolute Gasteiger partial charge is 0.242 e. The van der Waals surface area contributed by atoms with Crippen LogP contribution in [-0.2, 0) is 22.7 Å². The van der Waals surface area contributed by atoms with Crippen LogP contribution in [0.1, 0.15) is 35.4 Å². The molecule has 0 unspecified atom stereocenters. The van der Waals surface area contributed by atoms with Gasteiger partial charge in [-0.2, -0.15) is 0 Å². The molecule has 3 rings (SSSR count). The van der Waals surface area contributed by atoms with E-state index in [1.807, 2.05) is 22.6 Å². The molecule has 0 N–H and O–H groups in total. The summed E-state index contributed by atoms with van der Waals surface area (Å²) in [6.45, 7) is 8.88. The molecule has 1 aromatic carbocycles. The van der Waals surface area contributed by atoms with E-state index >= 15 is 0 Å². The highest BCUT2D eigenvalue weighted by Crippen LogP contribution is 2.14. The third-order valence-electron chi connectivity index (χ3n) is 5.04. The Labute approximate surface area is 160 Å². The lowest BCUT2D eigenvalue weighted by atomic mass is 10.1. The van der Waals surface area contributed by atoms with Crippen molar-refractivity contribution in [2.45, 2.75) is 46.7 Å². The quantitative estimate of drug-likeness (QED) is 0.787. The zero-order valence-electron chi connectivity index (χ0n) is 16.4. The summed E-state index contributed by atoms with van der Waals surface area (Å²) in [7, 11) is 0. The van der Waals surface area contributed by atoms with Gasteiger partial charge in [0.2, 0.25) is 11.8 Å². The van der Waals surface area contributed by atoms with E-state index in [9.17, 15) is 9.59 Å². The van der Waals surface area contributed by atoms with Gasteiger partial charge < -0.3 is 14.4 Å². The SMILES string of the molecule is Cc1cc(C)cc(CN2CCN(C(=O)CCCn3ccnc3C)CC2=O)c1. The van der Waals surface area contributed by atoms with Crippen molar-refractivity contribution >= 4 is 11.8 Å². The Bertz CT molecular complexity index is 807. The van der Waals surface area contributed by atoms with Crippen LogP contribution in [0.3, 0.4) is 0 Å². The number of benzene rings is 1. The van der Waals surface area contributed by atoms with Gasteiger partial charge in [0.25, 0.3) is 0 Å². The second-order valence-corrected chi connectivity index (χ2v) is 7.40. The second kappa shape index (κ2) is 8.37. The highest BCUT2D eigenvalue weighted by molar-refractivity contribution is 5.86. The molecule has 6 nitrogen and oxygen atoms in total. The number of nitrogens with zero attached hydrogens (tertiary/aromatic N) is 4. The molecule has 1 fully saturated rings. The van der Waals surface area contributed by atoms with Gasteiger partial charge in [-0.1, -0.05) is 29.3 Å². The van der Waals surface area contributed by atoms with Crippen molar-refractivity contribution in [1.82, 2.24) is 19.4 Å². The molecule has 144 valence electrons. The van der Waals surface area contributed by atoms with Crippen molar-refractivity contribution in [2.75, 3.05) is 19.6 Å². The van der Waals surface area contributed by atoms with Crippen LogP contribution in [0.25, 0.3) is 0 Å². The maximum Gasteiger partial charge on any atom is 0.242 e. The predicted octanol–water partition coefficient (Wildman–Crippen LogP) is 2.46. The molecule has 0 spiro atoms. The first kappa shape index (κ1) is 19.1. The fourth-order valence-electron chi connectivity index (χ4n) is 3.67. The zero-order valence-corrected chi connectivity index (χ0v) is 16.4. The number of rotatable bonds is 6. The van der Waals surface area contributed by atoms with E-state index in [-0.39, 0.29) is 18.4 Å². The number of hydrogen-bond donors (Lipinski definition) is 0. The van der Waals surface area contributed by atoms with Crippen LogP contribution in [0.15, 0.2) is 30.6 Å². The third-order valence-corrected chi connectivity index (χ3v) is 5.04. The predicted molar refractivity (Wildman–Crippen MR) is 104 cm³/mol. The number of hydrogen-bond acceptors (Lipinski definition) is 3. The molecule has 0 saturated carbocycles. The maximum absolute atomic E-state index is 12.5. The van der Waals surface area contributed by atoms with Gasteiger partial charge in [0.15, 0.2) is 0 Å². The topological polar surface area (TPSA) is 58.4 Å². The first-order chi connectivity index (χ1) is 12.9. The van der Waals surface area contributed by atoms with Crippen molar-refractivity contribution < 1.29 is 9.59 Å². The van der Waals surface area contributed by atoms with Gasteiger partial charge in [0, 0.05) is 45.0 Å². The van der Waals surface area contributed by atoms with Crippen LogP contribution < -0.4 is 0 Å². The maximum atomic E-state index is 12.5. The fourth-order valence-corrected chi connectivity index (χ4v) is 3.67. The molecule has 1 aliphatic rings. The molecule has 1 saturated heterocycles. The van der Waals surface area contributed by atoms with Crippen LogP contribution in [0.4, 0.5) is 0 Å². The van der Waals surface area contributed by atoms with Crippen LogP contribution in [0.5, 0.6) is 0 Å². The van der Waals surface area contributed by atoms with Crippen molar-refractivity contribution in [3.8, 4) is 0 Å². The van der Waals surface area contributed by atoms with E-state index in [0.717, 1.165) is 24.4 Å². The highest BCUT2D eigenvalue weighted by Gasteiger charge is 2.26. The fraction of sp³-hybridized carbons (Fsp3) is 0.476. The summed E-state index contributed by atoms with van der Waals surface area (Å²) in [5.74, 6) is 1.05. The largest absolute Gasteiger partial charge is 0.335 e. The van der Waals surface area contributed by atoms with Crippen LogP contribution >= 0.6 is 0 Å². The normalized spacial score (nSPS) is 14.7. The lowest BCUT2D eigenvalue weighted by Crippen LogP contribution is -2.51. The van der Waals surface area contributed by atoms with Crippen molar-refractivity contribution in [3.63, 3.8) is 0 Å². The van der Waals surface area contributed by atoms with Gasteiger partial charge in [-0.3, -0.25) is 9.59 Å². The molecule has 0 radical (unpaired) electrons. The average molecular weight is 368 g/mol. The minimum atomic E-state index is 0.0270. The van der Waals surface area contributed by atoms with E-state index in [4.69, 9.17) is 0 Å². The van der Waals surface area contributed by atoms with Gasteiger partial charge >= 0.3 is 0 Å². The monoisotopic (exact) mass is 368 g/mol. The molecule has 0 atom stereocenters. The molecule has 2 aromatic rings. The first-order valence-corrected chi connectivity index (χ1v) is 9.53. The van der Waals surface area contributed by atoms with E-state index in [1.165, 1.54) is 11.1 Å². The number of carbonyl (C=O) groups is 2. The summed E-state index contributed by atoms with van der Waals surface area (Å²) in [6, 6.07) is 6.37. The Morgan fingerprint density at radius 3 is 2.48 bits per heavy atom. The summed E-state index contributed by atoms with van der Waals surface area (Å²) >= 11 is 0. The molecule has 6 heteroatoms. The van der Waals surface area contributed by atoms with Gasteiger partial charge in [-0.15, -0.1) is 0 Å². The number of carbonyl (C=O) groups excluding carboxylic acids is 2. The second-order valence-electron chi connectivity index (χ2n) is 7.40. The molecule has 27 heavy (non-hydrogen) atoms. The van der Waals surface area contributed by atoms with E-state index in [2.05, 4.69) is 37.0 Å². The number of aromatic nitrogens is 2. The Morgan fingerprint density at radius 2 is 1.85 bits per heavy atom. The number of amides is 2. The van der Waals surface area contributed by atoms with Crippen molar-refractivity contribution in [1.29, 1.82) is 0 Å². The Kier molecular flexibility index (Phi) is 5.94. The molecule has 2 heterocycles. The third kappa shape index (κ3) is 4.96. The van der Waals surface area contributed by atoms with Gasteiger partial charge in [-0.25, -0.2) is 4.98 Å². The van der Waals surface area contributed by atoms with Crippen molar-refractivity contribution in [2.24, 2.45) is 0 Å². The van der Waals surface area contributed by atoms with Crippen molar-refractivity contribution in [3.05, 3.63) is 53.1 Å². The van der Waals surface area contributed by atoms with Crippen LogP contribution in [0, 0.1) is 20.8 Å². The van der Waals surface area contributed by atoms with E-state index < -0.39 is 0 Å². The summed E-state index contributed by atoms with van der Waals surface area (Å²) in [4.78, 5) is 32.7. The first-order valence-electron chi connectivity index (χ1n) is 9.53. The minimum Gasteiger partial charge on any atom is -0.335 e. The molecule has 1 aromatic heterocycles. The number of aryl methyl sites for hydroxylation is 4. The lowest BCUT2D eigenvalue weighted by molar-refractivity contribution is -0.145. The summed E-state index contributed by atoms with van der Waals surface area (Å²) in [5.41, 5.74) is 3.56. The van der Waals surface area contributed by atoms with E-state index in [1.54, 1.807) is 11.1 Å². The minimum absolute atomic E-state index is 0.0270. The molecule has 1 aliphatic heterocycles. The molecule has 2 amide bonds. The van der Waals surface area contributed by atoms with Gasteiger partial charge in [0.1, 0.15) is 5.82 Å². The van der Waals surface area contributed by atoms with Crippen LogP contribution in [-0.4, -0.2) is 50.8 Å². The standard InChI is InChI=1S/C21H28N4O2/c1-16-11-17(2)13-19(12-16)14-24-9-10-25(15-21(24)27)20(26)5-4-7-23-8-6-22-18(23)3/h6,8,11-13H,4-5,7,9-10,14-15H2,1-3H3. The Balaban J connectivity index is 1.48.